The average molecular weight is 1180 g/mol. The first-order chi connectivity index (χ1) is 38.5. The van der Waals surface area contributed by atoms with Crippen LogP contribution in [-0.4, -0.2) is 209 Å². The van der Waals surface area contributed by atoms with Gasteiger partial charge < -0.3 is 120 Å². The van der Waals surface area contributed by atoms with Gasteiger partial charge >= 0.3 is 5.97 Å². The number of primary amides is 2. The SMILES string of the molecule is C[C@H](NC(=O)[C@H](CCC(N)=O)NC(=O)[C@H](CCCN=C(N)N)NC(=O)[C@@H](NC(=O)[C@H](CO)NC(=O)[C@H](CC(N)=O)NC(=O)[C@@H](N)CCCCN)[C@@H](C)O)C(=O)N[C@@H](CO)C(=O)N[C@@H](CCCCN)C(=O)N[C@@H](CCCN=C(N)N)C(=O)O. The molecule has 0 aromatic rings. The van der Waals surface area contributed by atoms with Crippen molar-refractivity contribution in [3.63, 3.8) is 0 Å². The second-order valence-electron chi connectivity index (χ2n) is 18.8. The first kappa shape index (κ1) is 73.9. The number of hydrogen-bond acceptors (Lipinski definition) is 20. The number of aliphatic hydroxyl groups excluding tert-OH is 3. The Morgan fingerprint density at radius 2 is 0.805 bits per heavy atom. The summed E-state index contributed by atoms with van der Waals surface area (Å²) in [5.41, 5.74) is 49.0. The number of guanidine groups is 2. The summed E-state index contributed by atoms with van der Waals surface area (Å²) in [5.74, 6) is -13.9. The number of aliphatic carboxylic acids is 1. The maximum Gasteiger partial charge on any atom is 0.326 e. The van der Waals surface area contributed by atoms with E-state index < -0.39 is 170 Å². The number of amides is 11. The summed E-state index contributed by atoms with van der Waals surface area (Å²) in [4.78, 5) is 164. The number of nitrogens with two attached hydrogens (primary N) is 9. The van der Waals surface area contributed by atoms with Crippen LogP contribution < -0.4 is 99.5 Å². The summed E-state index contributed by atoms with van der Waals surface area (Å²) in [7, 11) is 0. The third-order valence-electron chi connectivity index (χ3n) is 11.8. The summed E-state index contributed by atoms with van der Waals surface area (Å²) < 4.78 is 0. The van der Waals surface area contributed by atoms with E-state index in [-0.39, 0.29) is 76.5 Å². The molecule has 31 N–H and O–H groups in total. The van der Waals surface area contributed by atoms with E-state index in [1.807, 2.05) is 0 Å². The Kier molecular flexibility index (Phi) is 36.2. The summed E-state index contributed by atoms with van der Waals surface area (Å²) in [6, 6.07) is -16.1. The van der Waals surface area contributed by atoms with E-state index in [4.69, 9.17) is 51.6 Å². The quantitative estimate of drug-likeness (QED) is 0.0153. The van der Waals surface area contributed by atoms with E-state index in [1.54, 1.807) is 0 Å². The molecule has 0 aliphatic rings. The summed E-state index contributed by atoms with van der Waals surface area (Å²) >= 11 is 0. The molecule has 0 aliphatic carbocycles. The summed E-state index contributed by atoms with van der Waals surface area (Å²) in [6.07, 6.45) is -2.05. The van der Waals surface area contributed by atoms with Gasteiger partial charge in [-0.1, -0.05) is 6.42 Å². The topological polar surface area (TPSA) is 653 Å². The summed E-state index contributed by atoms with van der Waals surface area (Å²) in [6.45, 7) is 0.492. The predicted molar refractivity (Wildman–Crippen MR) is 292 cm³/mol. The number of carbonyl (C=O) groups excluding carboxylic acids is 11. The zero-order valence-corrected chi connectivity index (χ0v) is 46.1. The number of nitrogens with zero attached hydrogens (tertiary/aromatic N) is 2. The van der Waals surface area contributed by atoms with Gasteiger partial charge in [-0.3, -0.25) is 62.7 Å². The summed E-state index contributed by atoms with van der Waals surface area (Å²) in [5, 5.41) is 61.1. The fraction of sp³-hybridized carbons (Fsp3) is 0.696. The Morgan fingerprint density at radius 3 is 1.26 bits per heavy atom. The van der Waals surface area contributed by atoms with Crippen LogP contribution in [-0.2, 0) is 57.5 Å². The van der Waals surface area contributed by atoms with Crippen LogP contribution in [0.5, 0.6) is 0 Å². The fourth-order valence-corrected chi connectivity index (χ4v) is 7.25. The minimum atomic E-state index is -1.94. The van der Waals surface area contributed by atoms with Gasteiger partial charge in [0.25, 0.3) is 0 Å². The van der Waals surface area contributed by atoms with Crippen molar-refractivity contribution in [2.24, 2.45) is 61.6 Å². The van der Waals surface area contributed by atoms with E-state index in [2.05, 4.69) is 57.8 Å². The van der Waals surface area contributed by atoms with Crippen LogP contribution in [0.1, 0.15) is 97.3 Å². The molecular weight excluding hydrogens is 1090 g/mol. The number of aliphatic imine (C=N–C) groups is 2. The van der Waals surface area contributed by atoms with Crippen molar-refractivity contribution in [3.05, 3.63) is 0 Å². The van der Waals surface area contributed by atoms with Gasteiger partial charge in [0, 0.05) is 19.5 Å². The molecule has 0 rings (SSSR count). The number of rotatable bonds is 43. The molecule has 0 aromatic carbocycles. The highest BCUT2D eigenvalue weighted by molar-refractivity contribution is 5.99. The van der Waals surface area contributed by atoms with Gasteiger partial charge in [0.2, 0.25) is 65.0 Å². The maximum atomic E-state index is 14.0. The largest absolute Gasteiger partial charge is 0.480 e. The highest BCUT2D eigenvalue weighted by Gasteiger charge is 2.36. The molecule has 0 spiro atoms. The molecule has 466 valence electrons. The molecule has 11 atom stereocenters. The zero-order valence-electron chi connectivity index (χ0n) is 46.1. The number of carboxylic acid groups (broad SMARTS) is 1. The predicted octanol–water partition coefficient (Wildman–Crippen LogP) is -11.3. The number of aliphatic hydroxyl groups is 3. The smallest absolute Gasteiger partial charge is 0.326 e. The van der Waals surface area contributed by atoms with E-state index in [0.717, 1.165) is 13.8 Å². The van der Waals surface area contributed by atoms with Crippen molar-refractivity contribution >= 4 is 82.9 Å². The van der Waals surface area contributed by atoms with Crippen LogP contribution in [0.2, 0.25) is 0 Å². The van der Waals surface area contributed by atoms with Crippen LogP contribution in [0.25, 0.3) is 0 Å². The number of carboxylic acids is 1. The fourth-order valence-electron chi connectivity index (χ4n) is 7.25. The maximum absolute atomic E-state index is 14.0. The minimum Gasteiger partial charge on any atom is -0.480 e. The number of hydrogen-bond donors (Lipinski definition) is 22. The lowest BCUT2D eigenvalue weighted by Crippen LogP contribution is -2.62. The van der Waals surface area contributed by atoms with Gasteiger partial charge in [-0.25, -0.2) is 4.79 Å². The third kappa shape index (κ3) is 30.5. The standard InChI is InChI=1S/C46H86N20O16/c1-22(35(72)64-30(20-67)41(78)59-25(10-4-6-16-48)39(76)62-28(44(81)82)12-8-18-57-46(54)55)58-37(74)27(13-14-32(50)70)60-38(75)26(11-7-17-56-45(52)53)61-43(80)34(23(2)69)66-42(79)31(21-68)65-40(77)29(19-33(51)71)63-36(73)24(49)9-3-5-15-47/h22-31,34,67-69H,3-21,47-49H2,1-2H3,(H2,50,70)(H2,51,71)(H,58,74)(H,59,78)(H,60,75)(H,61,80)(H,62,76)(H,63,73)(H,64,72)(H,65,77)(H,66,79)(H,81,82)(H4,52,53,56)(H4,54,55,57)/t22-,23+,24-,25-,26-,27-,28-,29-,30-,31-,34-/m0/s1. The molecule has 36 heteroatoms. The Morgan fingerprint density at radius 1 is 0.427 bits per heavy atom. The monoisotopic (exact) mass is 1170 g/mol. The molecule has 0 saturated heterocycles. The molecular formula is C46H86N20O16. The van der Waals surface area contributed by atoms with Crippen molar-refractivity contribution < 1.29 is 78.0 Å². The molecule has 0 saturated carbocycles. The first-order valence-electron chi connectivity index (χ1n) is 26.2. The van der Waals surface area contributed by atoms with Crippen LogP contribution >= 0.6 is 0 Å². The molecule has 11 amide bonds. The first-order valence-corrected chi connectivity index (χ1v) is 26.2. The third-order valence-corrected chi connectivity index (χ3v) is 11.8. The molecule has 0 heterocycles. The van der Waals surface area contributed by atoms with E-state index in [1.165, 1.54) is 0 Å². The number of nitrogens with one attached hydrogen (secondary N) is 9. The highest BCUT2D eigenvalue weighted by atomic mass is 16.4. The highest BCUT2D eigenvalue weighted by Crippen LogP contribution is 2.09. The lowest BCUT2D eigenvalue weighted by Gasteiger charge is -2.28. The Hall–Kier alpha value is -8.06. The van der Waals surface area contributed by atoms with E-state index >= 15 is 0 Å². The van der Waals surface area contributed by atoms with E-state index in [9.17, 15) is 78.0 Å². The van der Waals surface area contributed by atoms with Crippen molar-refractivity contribution in [3.8, 4) is 0 Å². The lowest BCUT2D eigenvalue weighted by molar-refractivity contribution is -0.142. The second-order valence-corrected chi connectivity index (χ2v) is 18.8. The molecule has 0 aromatic heterocycles. The van der Waals surface area contributed by atoms with Crippen LogP contribution in [0.4, 0.5) is 0 Å². The molecule has 0 radical (unpaired) electrons. The second kappa shape index (κ2) is 40.2. The molecule has 36 nitrogen and oxygen atoms in total. The molecule has 0 fully saturated rings. The van der Waals surface area contributed by atoms with Crippen molar-refractivity contribution in [2.45, 2.75) is 164 Å². The van der Waals surface area contributed by atoms with Crippen molar-refractivity contribution in [1.82, 2.24) is 47.9 Å². The molecule has 82 heavy (non-hydrogen) atoms. The van der Waals surface area contributed by atoms with E-state index in [0.29, 0.717) is 25.8 Å². The van der Waals surface area contributed by atoms with Gasteiger partial charge in [-0.15, -0.1) is 0 Å². The van der Waals surface area contributed by atoms with Gasteiger partial charge in [-0.05, 0) is 91.1 Å². The van der Waals surface area contributed by atoms with Crippen molar-refractivity contribution in [2.75, 3.05) is 39.4 Å². The van der Waals surface area contributed by atoms with Crippen LogP contribution in [0.15, 0.2) is 9.98 Å². The zero-order chi connectivity index (χ0) is 62.6. The van der Waals surface area contributed by atoms with Crippen LogP contribution in [0.3, 0.4) is 0 Å². The number of unbranched alkanes of at least 4 members (excludes halogenated alkanes) is 2. The Labute approximate surface area is 472 Å². The lowest BCUT2D eigenvalue weighted by atomic mass is 10.0. The van der Waals surface area contributed by atoms with Gasteiger partial charge in [0.05, 0.1) is 31.8 Å². The Bertz CT molecular complexity index is 2200. The molecule has 0 bridgehead atoms. The normalized spacial score (nSPS) is 14.9. The van der Waals surface area contributed by atoms with Crippen LogP contribution in [0, 0.1) is 0 Å². The average Bonchev–Trinajstić information content (AvgIpc) is 3.40. The van der Waals surface area contributed by atoms with Gasteiger partial charge in [0.15, 0.2) is 11.9 Å². The molecule has 0 unspecified atom stereocenters. The van der Waals surface area contributed by atoms with Crippen molar-refractivity contribution in [1.29, 1.82) is 0 Å². The van der Waals surface area contributed by atoms with Gasteiger partial charge in [0.1, 0.15) is 54.4 Å². The van der Waals surface area contributed by atoms with Gasteiger partial charge in [-0.2, -0.15) is 0 Å². The number of carbonyl (C=O) groups is 12. The molecule has 0 aliphatic heterocycles. The minimum absolute atomic E-state index is 0.0407. The Balaban J connectivity index is 6.47.